The van der Waals surface area contributed by atoms with Crippen LogP contribution in [0.2, 0.25) is 0 Å². The van der Waals surface area contributed by atoms with Gasteiger partial charge in [-0.25, -0.2) is 0 Å². The Bertz CT molecular complexity index is 438. The smallest absolute Gasteiger partial charge is 0.146 e. The lowest BCUT2D eigenvalue weighted by atomic mass is 9.80. The molecule has 0 aliphatic carbocycles. The van der Waals surface area contributed by atoms with E-state index < -0.39 is 0 Å². The van der Waals surface area contributed by atoms with Crippen molar-refractivity contribution in [3.63, 3.8) is 0 Å². The molecule has 0 saturated heterocycles. The minimum atomic E-state index is -0.166. The molecule has 34 heavy (non-hydrogen) atoms. The third kappa shape index (κ3) is 21.2. The second kappa shape index (κ2) is 21.0. The molecule has 0 spiro atoms. The molecular weight excluding hydrogens is 420 g/mol. The highest BCUT2D eigenvalue weighted by Gasteiger charge is 2.19. The Kier molecular flexibility index (Phi) is 20.9. The van der Waals surface area contributed by atoms with Crippen molar-refractivity contribution in [1.82, 2.24) is 0 Å². The van der Waals surface area contributed by atoms with E-state index in [1.165, 1.54) is 51.4 Å². The highest BCUT2D eigenvalue weighted by molar-refractivity contribution is 4.70. The molecule has 0 bridgehead atoms. The third-order valence-electron chi connectivity index (χ3n) is 7.37. The molecule has 0 saturated carbocycles. The summed E-state index contributed by atoms with van der Waals surface area (Å²) in [4.78, 5) is 0. The zero-order chi connectivity index (χ0) is 25.9. The molecule has 8 atom stereocenters. The monoisotopic (exact) mass is 484 g/mol. The molecule has 1 N–H and O–H groups in total. The maximum Gasteiger partial charge on any atom is 0.146 e. The van der Waals surface area contributed by atoms with Crippen LogP contribution in [0, 0.1) is 41.4 Å². The van der Waals surface area contributed by atoms with E-state index in [1.807, 2.05) is 6.92 Å². The summed E-state index contributed by atoms with van der Waals surface area (Å²) in [6, 6.07) is 0. The van der Waals surface area contributed by atoms with Crippen molar-refractivity contribution in [3.05, 3.63) is 0 Å². The minimum Gasteiger partial charge on any atom is -0.393 e. The summed E-state index contributed by atoms with van der Waals surface area (Å²) >= 11 is 0. The summed E-state index contributed by atoms with van der Waals surface area (Å²) in [5, 5.41) is 9.61. The Morgan fingerprint density at radius 2 is 0.853 bits per heavy atom. The van der Waals surface area contributed by atoms with Gasteiger partial charge < -0.3 is 14.6 Å². The standard InChI is InChI=1S/C31H64O3/c1-10-11-14-33-23-34-15-12-13-24(2)16-25(3)17-26(4)18-27(5)19-28(6)20-29(7)21-30(8)22-31(9)32/h24-32H,10-23H2,1-9H3. The van der Waals surface area contributed by atoms with Gasteiger partial charge in [0.1, 0.15) is 6.79 Å². The van der Waals surface area contributed by atoms with Gasteiger partial charge in [0, 0.05) is 13.2 Å². The van der Waals surface area contributed by atoms with Gasteiger partial charge in [-0.05, 0) is 113 Å². The van der Waals surface area contributed by atoms with Crippen LogP contribution in [0.4, 0.5) is 0 Å². The molecule has 0 aliphatic rings. The summed E-state index contributed by atoms with van der Waals surface area (Å²) < 4.78 is 11.1. The molecule has 0 radical (unpaired) electrons. The number of hydrogen-bond donors (Lipinski definition) is 1. The van der Waals surface area contributed by atoms with Crippen LogP contribution in [0.1, 0.15) is 133 Å². The molecule has 3 heteroatoms. The van der Waals surface area contributed by atoms with Crippen molar-refractivity contribution in [2.24, 2.45) is 41.4 Å². The lowest BCUT2D eigenvalue weighted by Crippen LogP contribution is -2.15. The van der Waals surface area contributed by atoms with Gasteiger partial charge in [0.2, 0.25) is 0 Å². The summed E-state index contributed by atoms with van der Waals surface area (Å²) in [5.41, 5.74) is 0. The first kappa shape index (κ1) is 33.9. The van der Waals surface area contributed by atoms with Crippen molar-refractivity contribution in [2.75, 3.05) is 20.0 Å². The topological polar surface area (TPSA) is 38.7 Å². The van der Waals surface area contributed by atoms with Gasteiger partial charge in [-0.3, -0.25) is 0 Å². The predicted octanol–water partition coefficient (Wildman–Crippen LogP) is 9.12. The number of rotatable bonds is 23. The third-order valence-corrected chi connectivity index (χ3v) is 7.37. The number of hydrogen-bond acceptors (Lipinski definition) is 3. The molecule has 8 unspecified atom stereocenters. The van der Waals surface area contributed by atoms with Crippen LogP contribution in [-0.4, -0.2) is 31.2 Å². The zero-order valence-electron chi connectivity index (χ0n) is 24.8. The molecule has 0 aromatic carbocycles. The van der Waals surface area contributed by atoms with E-state index in [0.717, 1.165) is 68.0 Å². The maximum absolute atomic E-state index is 9.61. The van der Waals surface area contributed by atoms with Gasteiger partial charge in [-0.2, -0.15) is 0 Å². The fraction of sp³-hybridized carbons (Fsp3) is 1.00. The van der Waals surface area contributed by atoms with Gasteiger partial charge in [-0.15, -0.1) is 0 Å². The summed E-state index contributed by atoms with van der Waals surface area (Å²) in [6.45, 7) is 23.1. The summed E-state index contributed by atoms with van der Waals surface area (Å²) in [5.74, 6) is 5.40. The van der Waals surface area contributed by atoms with Crippen LogP contribution in [0.5, 0.6) is 0 Å². The van der Waals surface area contributed by atoms with Gasteiger partial charge in [-0.1, -0.05) is 61.8 Å². The first-order valence-electron chi connectivity index (χ1n) is 14.9. The first-order valence-corrected chi connectivity index (χ1v) is 14.9. The highest BCUT2D eigenvalue weighted by Crippen LogP contribution is 2.30. The molecule has 3 nitrogen and oxygen atoms in total. The Morgan fingerprint density at radius 1 is 0.500 bits per heavy atom. The molecule has 0 amide bonds. The minimum absolute atomic E-state index is 0.166. The maximum atomic E-state index is 9.61. The quantitative estimate of drug-likeness (QED) is 0.116. The van der Waals surface area contributed by atoms with Crippen LogP contribution < -0.4 is 0 Å². The lowest BCUT2D eigenvalue weighted by Gasteiger charge is -2.26. The normalized spacial score (nSPS) is 19.2. The Morgan fingerprint density at radius 3 is 1.24 bits per heavy atom. The zero-order valence-corrected chi connectivity index (χ0v) is 24.8. The summed E-state index contributed by atoms with van der Waals surface area (Å²) in [6.07, 6.45) is 13.5. The van der Waals surface area contributed by atoms with Crippen molar-refractivity contribution in [2.45, 2.75) is 139 Å². The molecule has 0 heterocycles. The van der Waals surface area contributed by atoms with Crippen molar-refractivity contribution >= 4 is 0 Å². The van der Waals surface area contributed by atoms with E-state index in [1.54, 1.807) is 0 Å². The van der Waals surface area contributed by atoms with E-state index in [2.05, 4.69) is 55.4 Å². The molecule has 0 rings (SSSR count). The van der Waals surface area contributed by atoms with Crippen molar-refractivity contribution in [3.8, 4) is 0 Å². The van der Waals surface area contributed by atoms with Crippen LogP contribution >= 0.6 is 0 Å². The molecule has 0 aromatic rings. The predicted molar refractivity (Wildman–Crippen MR) is 149 cm³/mol. The second-order valence-corrected chi connectivity index (χ2v) is 12.7. The molecule has 206 valence electrons. The fourth-order valence-electron chi connectivity index (χ4n) is 6.36. The van der Waals surface area contributed by atoms with Crippen LogP contribution in [0.25, 0.3) is 0 Å². The van der Waals surface area contributed by atoms with E-state index in [9.17, 15) is 5.11 Å². The number of ether oxygens (including phenoxy) is 2. The van der Waals surface area contributed by atoms with Gasteiger partial charge in [0.15, 0.2) is 0 Å². The van der Waals surface area contributed by atoms with E-state index >= 15 is 0 Å². The average molecular weight is 485 g/mol. The molecule has 0 aliphatic heterocycles. The number of unbranched alkanes of at least 4 members (excludes halogenated alkanes) is 1. The van der Waals surface area contributed by atoms with Crippen LogP contribution in [0.15, 0.2) is 0 Å². The Labute approximate surface area is 215 Å². The van der Waals surface area contributed by atoms with Crippen molar-refractivity contribution < 1.29 is 14.6 Å². The SMILES string of the molecule is CCCCOCOCCCC(C)CC(C)CC(C)CC(C)CC(C)CC(C)CC(C)CC(C)O. The highest BCUT2D eigenvalue weighted by atomic mass is 16.7. The Balaban J connectivity index is 3.96. The van der Waals surface area contributed by atoms with E-state index in [4.69, 9.17) is 9.47 Å². The van der Waals surface area contributed by atoms with E-state index in [0.29, 0.717) is 12.7 Å². The van der Waals surface area contributed by atoms with Crippen molar-refractivity contribution in [1.29, 1.82) is 0 Å². The van der Waals surface area contributed by atoms with E-state index in [-0.39, 0.29) is 6.10 Å². The first-order chi connectivity index (χ1) is 16.0. The molecular formula is C31H64O3. The van der Waals surface area contributed by atoms with Crippen LogP contribution in [0.3, 0.4) is 0 Å². The molecule has 0 aromatic heterocycles. The van der Waals surface area contributed by atoms with Crippen LogP contribution in [-0.2, 0) is 9.47 Å². The lowest BCUT2D eigenvalue weighted by molar-refractivity contribution is -0.0558. The Hall–Kier alpha value is -0.120. The molecule has 0 fully saturated rings. The average Bonchev–Trinajstić information content (AvgIpc) is 2.68. The number of aliphatic hydroxyl groups is 1. The second-order valence-electron chi connectivity index (χ2n) is 12.7. The largest absolute Gasteiger partial charge is 0.393 e. The number of aliphatic hydroxyl groups excluding tert-OH is 1. The summed E-state index contributed by atoms with van der Waals surface area (Å²) in [7, 11) is 0. The fourth-order valence-corrected chi connectivity index (χ4v) is 6.36. The van der Waals surface area contributed by atoms with Gasteiger partial charge in [0.05, 0.1) is 6.10 Å². The van der Waals surface area contributed by atoms with Gasteiger partial charge in [0.25, 0.3) is 0 Å². The van der Waals surface area contributed by atoms with Gasteiger partial charge >= 0.3 is 0 Å².